The Kier molecular flexibility index (Phi) is 5.13. The molecule has 0 saturated carbocycles. The third kappa shape index (κ3) is 4.60. The number of allylic oxidation sites excluding steroid dienone is 2. The first-order chi connectivity index (χ1) is 8.65. The fourth-order valence-electron chi connectivity index (χ4n) is 1.92. The Hall–Kier alpha value is -0.900. The summed E-state index contributed by atoms with van der Waals surface area (Å²) in [5.41, 5.74) is -0.370. The second-order valence-electron chi connectivity index (χ2n) is 6.13. The average molecular weight is 284 g/mol. The molecule has 3 nitrogen and oxygen atoms in total. The molecule has 19 heavy (non-hydrogen) atoms. The van der Waals surface area contributed by atoms with Crippen molar-refractivity contribution in [1.29, 1.82) is 0 Å². The van der Waals surface area contributed by atoms with E-state index < -0.39 is 16.9 Å². The zero-order valence-corrected chi connectivity index (χ0v) is 13.3. The molecule has 108 valence electrons. The third-order valence-corrected chi connectivity index (χ3v) is 5.19. The van der Waals surface area contributed by atoms with Crippen molar-refractivity contribution in [3.05, 3.63) is 24.3 Å². The summed E-state index contributed by atoms with van der Waals surface area (Å²) in [4.78, 5) is 11.3. The maximum Gasteiger partial charge on any atom is 0.302 e. The fraction of sp³-hybridized carbons (Fsp3) is 0.667. The van der Waals surface area contributed by atoms with E-state index in [0.717, 1.165) is 6.42 Å². The van der Waals surface area contributed by atoms with Crippen LogP contribution in [0.1, 0.15) is 41.0 Å². The van der Waals surface area contributed by atoms with E-state index in [9.17, 15) is 9.00 Å². The van der Waals surface area contributed by atoms with Crippen molar-refractivity contribution in [2.75, 3.05) is 5.75 Å². The lowest BCUT2D eigenvalue weighted by molar-refractivity contribution is -0.148. The highest BCUT2D eigenvalue weighted by molar-refractivity contribution is 7.86. The van der Waals surface area contributed by atoms with Gasteiger partial charge in [-0.1, -0.05) is 24.3 Å². The van der Waals surface area contributed by atoms with Gasteiger partial charge < -0.3 is 4.74 Å². The van der Waals surface area contributed by atoms with Crippen molar-refractivity contribution >= 4 is 16.8 Å². The van der Waals surface area contributed by atoms with Gasteiger partial charge in [-0.15, -0.1) is 0 Å². The van der Waals surface area contributed by atoms with E-state index in [1.807, 2.05) is 39.8 Å². The van der Waals surface area contributed by atoms with Crippen LogP contribution >= 0.6 is 0 Å². The number of carbonyl (C=O) groups excluding carboxylic acids is 1. The zero-order chi connectivity index (χ0) is 14.7. The van der Waals surface area contributed by atoms with Crippen LogP contribution in [0, 0.1) is 5.41 Å². The predicted octanol–water partition coefficient (Wildman–Crippen LogP) is 2.99. The quantitative estimate of drug-likeness (QED) is 0.589. The Morgan fingerprint density at radius 1 is 1.37 bits per heavy atom. The highest BCUT2D eigenvalue weighted by Crippen LogP contribution is 2.32. The molecular weight excluding hydrogens is 260 g/mol. The molecule has 0 aromatic carbocycles. The van der Waals surface area contributed by atoms with Crippen molar-refractivity contribution in [3.8, 4) is 0 Å². The van der Waals surface area contributed by atoms with Crippen LogP contribution in [-0.2, 0) is 20.3 Å². The van der Waals surface area contributed by atoms with E-state index in [0.29, 0.717) is 5.75 Å². The Balaban J connectivity index is 2.92. The minimum absolute atomic E-state index is 0.309. The summed E-state index contributed by atoms with van der Waals surface area (Å²) >= 11 is 0. The molecular formula is C15H24O3S. The average Bonchev–Trinajstić information content (AvgIpc) is 2.27. The monoisotopic (exact) mass is 284 g/mol. The standard InChI is InChI=1S/C15H24O3S/c1-12(16)18-13(11-19(17)14(2,3)4)15(5)9-7-6-8-10-15/h7-10,13H,6,11H2,1-5H3/t13-,19?/m0/s1. The van der Waals surface area contributed by atoms with E-state index in [-0.39, 0.29) is 16.1 Å². The molecule has 1 aliphatic rings. The first kappa shape index (κ1) is 16.2. The molecule has 2 atom stereocenters. The molecule has 0 aliphatic heterocycles. The van der Waals surface area contributed by atoms with E-state index in [4.69, 9.17) is 4.74 Å². The van der Waals surface area contributed by atoms with Crippen molar-refractivity contribution in [2.45, 2.75) is 51.9 Å². The molecule has 0 spiro atoms. The molecule has 1 unspecified atom stereocenters. The van der Waals surface area contributed by atoms with E-state index in [2.05, 4.69) is 12.2 Å². The van der Waals surface area contributed by atoms with Crippen LogP contribution < -0.4 is 0 Å². The van der Waals surface area contributed by atoms with Crippen LogP contribution in [0.25, 0.3) is 0 Å². The molecule has 1 aliphatic carbocycles. The molecule has 0 fully saturated rings. The fourth-order valence-corrected chi connectivity index (χ4v) is 3.12. The maximum atomic E-state index is 12.3. The molecule has 0 radical (unpaired) electrons. The minimum atomic E-state index is -1.06. The molecule has 0 aromatic heterocycles. The largest absolute Gasteiger partial charge is 0.460 e. The first-order valence-electron chi connectivity index (χ1n) is 6.56. The third-order valence-electron chi connectivity index (χ3n) is 3.21. The van der Waals surface area contributed by atoms with Gasteiger partial charge in [0.1, 0.15) is 6.10 Å². The van der Waals surface area contributed by atoms with Gasteiger partial charge in [0.05, 0.1) is 5.75 Å². The van der Waals surface area contributed by atoms with Gasteiger partial charge in [-0.25, -0.2) is 0 Å². The number of ether oxygens (including phenoxy) is 1. The lowest BCUT2D eigenvalue weighted by atomic mass is 9.81. The Bertz CT molecular complexity index is 404. The van der Waals surface area contributed by atoms with Gasteiger partial charge >= 0.3 is 5.97 Å². The lowest BCUT2D eigenvalue weighted by Gasteiger charge is -2.34. The van der Waals surface area contributed by atoms with Crippen molar-refractivity contribution < 1.29 is 13.7 Å². The Labute approximate surface area is 118 Å². The SMILES string of the molecule is CC(=O)O[C@@H](CS(=O)C(C)(C)C)C1(C)C=CCC=C1. The van der Waals surface area contributed by atoms with Crippen LogP contribution in [0.4, 0.5) is 0 Å². The van der Waals surface area contributed by atoms with Crippen molar-refractivity contribution in [1.82, 2.24) is 0 Å². The predicted molar refractivity (Wildman–Crippen MR) is 79.3 cm³/mol. The summed E-state index contributed by atoms with van der Waals surface area (Å²) in [6.45, 7) is 9.20. The second-order valence-corrected chi connectivity index (χ2v) is 8.38. The number of esters is 1. The summed E-state index contributed by atoms with van der Waals surface area (Å²) in [5, 5.41) is 0. The minimum Gasteiger partial charge on any atom is -0.460 e. The van der Waals surface area contributed by atoms with Crippen LogP contribution in [0.3, 0.4) is 0 Å². The summed E-state index contributed by atoms with van der Waals surface area (Å²) in [7, 11) is -1.06. The zero-order valence-electron chi connectivity index (χ0n) is 12.4. The number of rotatable bonds is 4. The second kappa shape index (κ2) is 6.04. The van der Waals surface area contributed by atoms with Crippen LogP contribution in [0.2, 0.25) is 0 Å². The molecule has 0 N–H and O–H groups in total. The molecule has 1 rings (SSSR count). The highest BCUT2D eigenvalue weighted by atomic mass is 32.2. The molecule has 0 saturated heterocycles. The maximum absolute atomic E-state index is 12.3. The van der Waals surface area contributed by atoms with Crippen LogP contribution in [-0.4, -0.2) is 26.8 Å². The summed E-state index contributed by atoms with van der Waals surface area (Å²) in [6, 6.07) is 0. The summed E-state index contributed by atoms with van der Waals surface area (Å²) < 4.78 is 17.4. The van der Waals surface area contributed by atoms with Gasteiger partial charge in [-0.3, -0.25) is 9.00 Å². The number of hydrogen-bond donors (Lipinski definition) is 0. The van der Waals surface area contributed by atoms with E-state index in [1.54, 1.807) is 0 Å². The van der Waals surface area contributed by atoms with E-state index in [1.165, 1.54) is 6.92 Å². The molecule has 0 bridgehead atoms. The topological polar surface area (TPSA) is 43.4 Å². The summed E-state index contributed by atoms with van der Waals surface area (Å²) in [6.07, 6.45) is 8.69. The van der Waals surface area contributed by atoms with Crippen molar-refractivity contribution in [3.63, 3.8) is 0 Å². The summed E-state index contributed by atoms with van der Waals surface area (Å²) in [5.74, 6) is 0.0263. The molecule has 0 aromatic rings. The highest BCUT2D eigenvalue weighted by Gasteiger charge is 2.36. The first-order valence-corrected chi connectivity index (χ1v) is 7.88. The van der Waals surface area contributed by atoms with Crippen LogP contribution in [0.15, 0.2) is 24.3 Å². The number of hydrogen-bond acceptors (Lipinski definition) is 3. The Morgan fingerprint density at radius 3 is 2.32 bits per heavy atom. The van der Waals surface area contributed by atoms with Gasteiger partial charge in [-0.2, -0.15) is 0 Å². The van der Waals surface area contributed by atoms with Gasteiger partial charge in [0.2, 0.25) is 0 Å². The lowest BCUT2D eigenvalue weighted by Crippen LogP contribution is -2.41. The smallest absolute Gasteiger partial charge is 0.302 e. The van der Waals surface area contributed by atoms with Crippen LogP contribution in [0.5, 0.6) is 0 Å². The normalized spacial score (nSPS) is 20.9. The molecule has 0 heterocycles. The van der Waals surface area contributed by atoms with Gasteiger partial charge in [0.25, 0.3) is 0 Å². The van der Waals surface area contributed by atoms with Gasteiger partial charge in [0.15, 0.2) is 0 Å². The number of carbonyl (C=O) groups is 1. The Morgan fingerprint density at radius 2 is 1.89 bits per heavy atom. The molecule has 0 amide bonds. The van der Waals surface area contributed by atoms with Gasteiger partial charge in [-0.05, 0) is 34.1 Å². The van der Waals surface area contributed by atoms with Crippen molar-refractivity contribution in [2.24, 2.45) is 5.41 Å². The van der Waals surface area contributed by atoms with E-state index >= 15 is 0 Å². The molecule has 4 heteroatoms. The van der Waals surface area contributed by atoms with Gasteiger partial charge in [0, 0.05) is 27.9 Å².